The van der Waals surface area contributed by atoms with Crippen molar-refractivity contribution in [2.75, 3.05) is 10.6 Å². The Morgan fingerprint density at radius 2 is 1.54 bits per heavy atom. The Kier molecular flexibility index (Phi) is 4.63. The van der Waals surface area contributed by atoms with Gasteiger partial charge in [-0.1, -0.05) is 29.8 Å². The van der Waals surface area contributed by atoms with Crippen LogP contribution in [-0.4, -0.2) is 16.8 Å². The Morgan fingerprint density at radius 3 is 2.21 bits per heavy atom. The first-order valence-electron chi connectivity index (χ1n) is 7.24. The van der Waals surface area contributed by atoms with Crippen LogP contribution in [0.1, 0.15) is 20.8 Å². The molecule has 120 valence electrons. The molecule has 1 heterocycles. The first-order chi connectivity index (χ1) is 11.6. The number of anilines is 2. The smallest absolute Gasteiger partial charge is 0.272 e. The van der Waals surface area contributed by atoms with Crippen molar-refractivity contribution in [3.05, 3.63) is 83.1 Å². The third-order valence-electron chi connectivity index (χ3n) is 3.34. The van der Waals surface area contributed by atoms with Crippen LogP contribution in [0.25, 0.3) is 0 Å². The lowest BCUT2D eigenvalue weighted by Gasteiger charge is -2.09. The second-order valence-corrected chi connectivity index (χ2v) is 5.46. The number of amides is 2. The largest absolute Gasteiger partial charge is 0.357 e. The Hall–Kier alpha value is -3.05. The molecular weight excluding hydrogens is 326 g/mol. The molecule has 0 unspecified atom stereocenters. The first kappa shape index (κ1) is 15.8. The Balaban J connectivity index is 1.72. The summed E-state index contributed by atoms with van der Waals surface area (Å²) in [4.78, 5) is 27.1. The molecule has 6 heteroatoms. The van der Waals surface area contributed by atoms with Gasteiger partial charge in [0.1, 0.15) is 5.69 Å². The normalized spacial score (nSPS) is 10.2. The SMILES string of the molecule is O=C(Nc1cccc(NC(=O)c2ccccc2Cl)c1)c1ccc[nH]1. The molecule has 1 aromatic heterocycles. The molecule has 3 N–H and O–H groups in total. The molecule has 3 aromatic rings. The summed E-state index contributed by atoms with van der Waals surface area (Å²) in [6.07, 6.45) is 1.68. The lowest BCUT2D eigenvalue weighted by Crippen LogP contribution is -2.14. The number of halogens is 1. The van der Waals surface area contributed by atoms with Crippen LogP contribution in [0.5, 0.6) is 0 Å². The number of benzene rings is 2. The average molecular weight is 340 g/mol. The number of hydrogen-bond donors (Lipinski definition) is 3. The molecule has 5 nitrogen and oxygen atoms in total. The van der Waals surface area contributed by atoms with E-state index in [1.807, 2.05) is 0 Å². The summed E-state index contributed by atoms with van der Waals surface area (Å²) in [6, 6.07) is 17.1. The Bertz CT molecular complexity index is 875. The van der Waals surface area contributed by atoms with Crippen molar-refractivity contribution in [3.63, 3.8) is 0 Å². The van der Waals surface area contributed by atoms with E-state index in [0.717, 1.165) is 0 Å². The average Bonchev–Trinajstić information content (AvgIpc) is 3.10. The van der Waals surface area contributed by atoms with Gasteiger partial charge in [0, 0.05) is 17.6 Å². The summed E-state index contributed by atoms with van der Waals surface area (Å²) >= 11 is 6.02. The fraction of sp³-hybridized carbons (Fsp3) is 0. The standard InChI is InChI=1S/C18H14ClN3O2/c19-15-8-2-1-7-14(15)17(23)21-12-5-3-6-13(11-12)22-18(24)16-9-4-10-20-16/h1-11,20H,(H,21,23)(H,22,24). The van der Waals surface area contributed by atoms with E-state index in [1.165, 1.54) is 0 Å². The number of rotatable bonds is 4. The van der Waals surface area contributed by atoms with Gasteiger partial charge in [-0.3, -0.25) is 9.59 Å². The Labute approximate surface area is 143 Å². The predicted octanol–water partition coefficient (Wildman–Crippen LogP) is 4.17. The number of aromatic amines is 1. The van der Waals surface area contributed by atoms with Crippen LogP contribution in [0.3, 0.4) is 0 Å². The minimum atomic E-state index is -0.312. The number of nitrogens with one attached hydrogen (secondary N) is 3. The molecule has 0 radical (unpaired) electrons. The molecule has 0 spiro atoms. The lowest BCUT2D eigenvalue weighted by molar-refractivity contribution is 0.101. The summed E-state index contributed by atoms with van der Waals surface area (Å²) in [6.45, 7) is 0. The van der Waals surface area contributed by atoms with E-state index in [1.54, 1.807) is 66.9 Å². The van der Waals surface area contributed by atoms with Crippen molar-refractivity contribution in [2.45, 2.75) is 0 Å². The van der Waals surface area contributed by atoms with E-state index in [2.05, 4.69) is 15.6 Å². The molecular formula is C18H14ClN3O2. The highest BCUT2D eigenvalue weighted by atomic mass is 35.5. The maximum absolute atomic E-state index is 12.3. The van der Waals surface area contributed by atoms with Crippen molar-refractivity contribution in [2.24, 2.45) is 0 Å². The molecule has 0 aliphatic carbocycles. The van der Waals surface area contributed by atoms with Gasteiger partial charge in [-0.25, -0.2) is 0 Å². The number of hydrogen-bond acceptors (Lipinski definition) is 2. The van der Waals surface area contributed by atoms with Gasteiger partial charge >= 0.3 is 0 Å². The lowest BCUT2D eigenvalue weighted by atomic mass is 10.2. The number of carbonyl (C=O) groups is 2. The van der Waals surface area contributed by atoms with Crippen LogP contribution >= 0.6 is 11.6 Å². The van der Waals surface area contributed by atoms with E-state index >= 15 is 0 Å². The van der Waals surface area contributed by atoms with Gasteiger partial charge in [-0.2, -0.15) is 0 Å². The van der Waals surface area contributed by atoms with E-state index in [-0.39, 0.29) is 11.8 Å². The third kappa shape index (κ3) is 3.64. The summed E-state index contributed by atoms with van der Waals surface area (Å²) in [5.74, 6) is -0.567. The van der Waals surface area contributed by atoms with Gasteiger partial charge in [0.15, 0.2) is 0 Å². The van der Waals surface area contributed by atoms with Crippen LogP contribution in [-0.2, 0) is 0 Å². The van der Waals surface area contributed by atoms with Gasteiger partial charge in [0.25, 0.3) is 11.8 Å². The van der Waals surface area contributed by atoms with E-state index < -0.39 is 0 Å². The van der Waals surface area contributed by atoms with Crippen LogP contribution < -0.4 is 10.6 Å². The first-order valence-corrected chi connectivity index (χ1v) is 7.62. The summed E-state index contributed by atoms with van der Waals surface area (Å²) in [5.41, 5.74) is 1.98. The zero-order chi connectivity index (χ0) is 16.9. The highest BCUT2D eigenvalue weighted by molar-refractivity contribution is 6.34. The van der Waals surface area contributed by atoms with Crippen LogP contribution in [0.4, 0.5) is 11.4 Å². The quantitative estimate of drug-likeness (QED) is 0.667. The third-order valence-corrected chi connectivity index (χ3v) is 3.67. The number of H-pyrrole nitrogens is 1. The highest BCUT2D eigenvalue weighted by Gasteiger charge is 2.11. The van der Waals surface area contributed by atoms with Gasteiger partial charge in [0.05, 0.1) is 10.6 Å². The second-order valence-electron chi connectivity index (χ2n) is 5.05. The molecule has 0 aliphatic heterocycles. The molecule has 24 heavy (non-hydrogen) atoms. The van der Waals surface area contributed by atoms with Gasteiger partial charge < -0.3 is 15.6 Å². The summed E-state index contributed by atoms with van der Waals surface area (Å²) < 4.78 is 0. The molecule has 0 saturated carbocycles. The fourth-order valence-corrected chi connectivity index (χ4v) is 2.41. The minimum Gasteiger partial charge on any atom is -0.357 e. The maximum atomic E-state index is 12.3. The van der Waals surface area contributed by atoms with E-state index in [4.69, 9.17) is 11.6 Å². The molecule has 2 aromatic carbocycles. The van der Waals surface area contributed by atoms with Crippen molar-refractivity contribution >= 4 is 34.8 Å². The molecule has 0 bridgehead atoms. The monoisotopic (exact) mass is 339 g/mol. The topological polar surface area (TPSA) is 74.0 Å². The molecule has 0 atom stereocenters. The number of aromatic nitrogens is 1. The van der Waals surface area contributed by atoms with Crippen LogP contribution in [0.2, 0.25) is 5.02 Å². The summed E-state index contributed by atoms with van der Waals surface area (Å²) in [5, 5.41) is 5.91. The highest BCUT2D eigenvalue weighted by Crippen LogP contribution is 2.19. The maximum Gasteiger partial charge on any atom is 0.272 e. The zero-order valence-corrected chi connectivity index (χ0v) is 13.3. The minimum absolute atomic E-state index is 0.255. The number of carbonyl (C=O) groups excluding carboxylic acids is 2. The van der Waals surface area contributed by atoms with Crippen LogP contribution in [0, 0.1) is 0 Å². The molecule has 3 rings (SSSR count). The van der Waals surface area contributed by atoms with Gasteiger partial charge in [-0.15, -0.1) is 0 Å². The molecule has 0 fully saturated rings. The van der Waals surface area contributed by atoms with Crippen molar-refractivity contribution in [3.8, 4) is 0 Å². The van der Waals surface area contributed by atoms with Crippen molar-refractivity contribution in [1.29, 1.82) is 0 Å². The zero-order valence-electron chi connectivity index (χ0n) is 12.5. The predicted molar refractivity (Wildman–Crippen MR) is 94.6 cm³/mol. The fourth-order valence-electron chi connectivity index (χ4n) is 2.19. The molecule has 0 saturated heterocycles. The molecule has 2 amide bonds. The van der Waals surface area contributed by atoms with E-state index in [0.29, 0.717) is 27.7 Å². The van der Waals surface area contributed by atoms with Crippen molar-refractivity contribution in [1.82, 2.24) is 4.98 Å². The van der Waals surface area contributed by atoms with E-state index in [9.17, 15) is 9.59 Å². The summed E-state index contributed by atoms with van der Waals surface area (Å²) in [7, 11) is 0. The van der Waals surface area contributed by atoms with Gasteiger partial charge in [0.2, 0.25) is 0 Å². The van der Waals surface area contributed by atoms with Crippen molar-refractivity contribution < 1.29 is 9.59 Å². The van der Waals surface area contributed by atoms with Crippen LogP contribution in [0.15, 0.2) is 66.9 Å². The van der Waals surface area contributed by atoms with Gasteiger partial charge in [-0.05, 0) is 42.5 Å². The Morgan fingerprint density at radius 1 is 0.833 bits per heavy atom. The molecule has 0 aliphatic rings. The second kappa shape index (κ2) is 7.02.